The van der Waals surface area contributed by atoms with Gasteiger partial charge in [-0.15, -0.1) is 0 Å². The standard InChI is InChI=1S/C67H117NO10/c1-4-7-10-13-16-19-22-25-27-29-30-31-33-34-36-39-42-45-48-51-54-60(71)66(75)68-58(59(70)53-50-47-44-41-38-24-21-18-15-12-9-6-3)57-76-67-65(64(74)63(73)61(56-69)77-67)78-62(72)55-52-49-46-43-40-37-35-32-28-26-23-20-17-14-11-8-5-2/h8,11,14,17,20,23,26,28,32,35,37,40,50,53,58-61,63-65,67,69-71,73-74H,4-7,9-10,12-13,15-16,18-19,21-22,24-25,27,29-31,33-34,36,38-39,41-49,51-52,54-57H2,1-3H3,(H,68,75)/b11-8-,17-14+,23-20+,28-26-,35-32+,40-37+,53-50+. The number of rotatable bonds is 53. The Hall–Kier alpha value is -3.16. The number of amides is 1. The summed E-state index contributed by atoms with van der Waals surface area (Å²) in [5.41, 5.74) is 0. The van der Waals surface area contributed by atoms with Crippen LogP contribution in [0, 0.1) is 0 Å². The number of aliphatic hydroxyl groups excluding tert-OH is 5. The molecule has 6 N–H and O–H groups in total. The van der Waals surface area contributed by atoms with Gasteiger partial charge >= 0.3 is 5.97 Å². The van der Waals surface area contributed by atoms with E-state index in [1.807, 2.05) is 66.8 Å². The number of carbonyl (C=O) groups is 2. The lowest BCUT2D eigenvalue weighted by molar-refractivity contribution is -0.305. The Kier molecular flexibility index (Phi) is 50.8. The van der Waals surface area contributed by atoms with E-state index >= 15 is 0 Å². The number of aliphatic hydroxyl groups is 5. The largest absolute Gasteiger partial charge is 0.454 e. The molecule has 1 amide bonds. The number of hydrogen-bond acceptors (Lipinski definition) is 10. The van der Waals surface area contributed by atoms with Crippen molar-refractivity contribution in [1.82, 2.24) is 5.32 Å². The average molecular weight is 1100 g/mol. The molecular weight excluding hydrogens is 979 g/mol. The molecule has 0 saturated carbocycles. The lowest BCUT2D eigenvalue weighted by atomic mass is 9.99. The van der Waals surface area contributed by atoms with Crippen molar-refractivity contribution >= 4 is 11.9 Å². The second-order valence-electron chi connectivity index (χ2n) is 21.9. The van der Waals surface area contributed by atoms with Crippen LogP contribution in [0.2, 0.25) is 0 Å². The first-order chi connectivity index (χ1) is 38.2. The molecule has 0 bridgehead atoms. The Bertz CT molecular complexity index is 1590. The summed E-state index contributed by atoms with van der Waals surface area (Å²) in [6.07, 6.45) is 60.5. The van der Waals surface area contributed by atoms with Gasteiger partial charge in [-0.05, 0) is 44.9 Å². The predicted molar refractivity (Wildman–Crippen MR) is 324 cm³/mol. The molecule has 11 nitrogen and oxygen atoms in total. The number of carbonyl (C=O) groups excluding carboxylic acids is 2. The number of nitrogens with one attached hydrogen (secondary N) is 1. The van der Waals surface area contributed by atoms with Crippen LogP contribution in [0.1, 0.15) is 265 Å². The van der Waals surface area contributed by atoms with Gasteiger partial charge in [0.25, 0.3) is 0 Å². The van der Waals surface area contributed by atoms with Gasteiger partial charge in [0, 0.05) is 6.42 Å². The smallest absolute Gasteiger partial charge is 0.306 e. The van der Waals surface area contributed by atoms with Gasteiger partial charge in [-0.1, -0.05) is 298 Å². The van der Waals surface area contributed by atoms with Crippen LogP contribution in [0.15, 0.2) is 85.1 Å². The Morgan fingerprint density at radius 2 is 0.923 bits per heavy atom. The fraction of sp³-hybridized carbons (Fsp3) is 0.761. The van der Waals surface area contributed by atoms with E-state index in [0.29, 0.717) is 12.8 Å². The second kappa shape index (κ2) is 54.4. The molecule has 0 radical (unpaired) electrons. The molecule has 450 valence electrons. The zero-order chi connectivity index (χ0) is 56.8. The summed E-state index contributed by atoms with van der Waals surface area (Å²) in [6, 6.07) is -1.04. The van der Waals surface area contributed by atoms with Crippen LogP contribution in [0.4, 0.5) is 0 Å². The van der Waals surface area contributed by atoms with E-state index < -0.39 is 67.4 Å². The minimum atomic E-state index is -1.64. The number of ether oxygens (including phenoxy) is 3. The Morgan fingerprint density at radius 1 is 0.513 bits per heavy atom. The third-order valence-electron chi connectivity index (χ3n) is 14.7. The number of unbranched alkanes of at least 4 members (excludes halogenated alkanes) is 32. The van der Waals surface area contributed by atoms with E-state index in [4.69, 9.17) is 14.2 Å². The quantitative estimate of drug-likeness (QED) is 0.0149. The minimum absolute atomic E-state index is 0.0696. The molecule has 8 atom stereocenters. The predicted octanol–water partition coefficient (Wildman–Crippen LogP) is 15.3. The van der Waals surface area contributed by atoms with Crippen molar-refractivity contribution in [3.8, 4) is 0 Å². The van der Waals surface area contributed by atoms with Crippen LogP contribution in [0.3, 0.4) is 0 Å². The maximum Gasteiger partial charge on any atom is 0.306 e. The Labute approximate surface area is 476 Å². The zero-order valence-electron chi connectivity index (χ0n) is 49.8. The molecule has 1 aliphatic heterocycles. The SMILES string of the molecule is CC\C=C/C=C/C=C/C=C\C=C\C=C\CCCCCC(=O)OC1C(OCC(NC(=O)C(O)CCCCCCCCCCCCCCCCCCCCCC)C(O)/C=C/CCCCCCCCCCCC)OC(CO)C(O)C1O. The molecule has 0 spiro atoms. The van der Waals surface area contributed by atoms with Gasteiger partial charge in [-0.25, -0.2) is 0 Å². The molecule has 0 aliphatic carbocycles. The number of hydrogen-bond donors (Lipinski definition) is 6. The molecule has 0 aromatic rings. The highest BCUT2D eigenvalue weighted by Gasteiger charge is 2.47. The van der Waals surface area contributed by atoms with Gasteiger partial charge in [0.15, 0.2) is 12.4 Å². The van der Waals surface area contributed by atoms with E-state index in [1.165, 1.54) is 154 Å². The van der Waals surface area contributed by atoms with Crippen LogP contribution in [0.25, 0.3) is 0 Å². The van der Waals surface area contributed by atoms with Crippen molar-refractivity contribution in [2.75, 3.05) is 13.2 Å². The lowest BCUT2D eigenvalue weighted by Gasteiger charge is -2.41. The minimum Gasteiger partial charge on any atom is -0.454 e. The highest BCUT2D eigenvalue weighted by Crippen LogP contribution is 2.26. The molecule has 0 aromatic carbocycles. The van der Waals surface area contributed by atoms with Crippen molar-refractivity contribution < 1.29 is 49.3 Å². The topological polar surface area (TPSA) is 175 Å². The van der Waals surface area contributed by atoms with Crippen molar-refractivity contribution in [2.24, 2.45) is 0 Å². The molecular formula is C67H117NO10. The molecule has 8 unspecified atom stereocenters. The summed E-state index contributed by atoms with van der Waals surface area (Å²) in [5.74, 6) is -1.24. The Balaban J connectivity index is 2.68. The molecule has 78 heavy (non-hydrogen) atoms. The highest BCUT2D eigenvalue weighted by atomic mass is 16.7. The molecule has 1 rings (SSSR count). The summed E-state index contributed by atoms with van der Waals surface area (Å²) < 4.78 is 17.6. The molecule has 0 aromatic heterocycles. The first-order valence-electron chi connectivity index (χ1n) is 31.9. The van der Waals surface area contributed by atoms with Gasteiger partial charge in [-0.3, -0.25) is 9.59 Å². The first kappa shape index (κ1) is 72.9. The summed E-state index contributed by atoms with van der Waals surface area (Å²) in [6.45, 7) is 5.63. The van der Waals surface area contributed by atoms with Crippen molar-refractivity contribution in [3.05, 3.63) is 85.1 Å². The van der Waals surface area contributed by atoms with E-state index in [2.05, 4.69) is 38.2 Å². The fourth-order valence-corrected chi connectivity index (χ4v) is 9.68. The van der Waals surface area contributed by atoms with Gasteiger partial charge < -0.3 is 45.1 Å². The second-order valence-corrected chi connectivity index (χ2v) is 21.9. The van der Waals surface area contributed by atoms with Gasteiger partial charge in [0.05, 0.1) is 25.4 Å². The van der Waals surface area contributed by atoms with E-state index in [-0.39, 0.29) is 19.4 Å². The van der Waals surface area contributed by atoms with Gasteiger partial charge in [0.1, 0.15) is 24.4 Å². The first-order valence-corrected chi connectivity index (χ1v) is 31.9. The summed E-state index contributed by atoms with van der Waals surface area (Å²) in [4.78, 5) is 26.6. The van der Waals surface area contributed by atoms with Crippen LogP contribution in [-0.4, -0.2) is 99.6 Å². The summed E-state index contributed by atoms with van der Waals surface area (Å²) >= 11 is 0. The fourth-order valence-electron chi connectivity index (χ4n) is 9.68. The summed E-state index contributed by atoms with van der Waals surface area (Å²) in [7, 11) is 0. The maximum atomic E-state index is 13.4. The molecule has 1 aliphatic rings. The van der Waals surface area contributed by atoms with Crippen molar-refractivity contribution in [1.29, 1.82) is 0 Å². The highest BCUT2D eigenvalue weighted by molar-refractivity contribution is 5.80. The van der Waals surface area contributed by atoms with Crippen molar-refractivity contribution in [2.45, 2.75) is 314 Å². The zero-order valence-corrected chi connectivity index (χ0v) is 49.8. The molecule has 1 saturated heterocycles. The van der Waals surface area contributed by atoms with E-state index in [9.17, 15) is 35.1 Å². The normalized spacial score (nSPS) is 19.5. The number of esters is 1. The van der Waals surface area contributed by atoms with Gasteiger partial charge in [-0.2, -0.15) is 0 Å². The van der Waals surface area contributed by atoms with Crippen LogP contribution >= 0.6 is 0 Å². The van der Waals surface area contributed by atoms with Crippen LogP contribution in [-0.2, 0) is 23.8 Å². The third-order valence-corrected chi connectivity index (χ3v) is 14.7. The van der Waals surface area contributed by atoms with E-state index in [1.54, 1.807) is 6.08 Å². The van der Waals surface area contributed by atoms with Crippen molar-refractivity contribution in [3.63, 3.8) is 0 Å². The molecule has 1 heterocycles. The van der Waals surface area contributed by atoms with Gasteiger partial charge in [0.2, 0.25) is 5.91 Å². The van der Waals surface area contributed by atoms with E-state index in [0.717, 1.165) is 64.2 Å². The molecule has 1 fully saturated rings. The van der Waals surface area contributed by atoms with Crippen LogP contribution < -0.4 is 5.32 Å². The Morgan fingerprint density at radius 3 is 1.38 bits per heavy atom. The molecule has 11 heteroatoms. The lowest BCUT2D eigenvalue weighted by Crippen LogP contribution is -2.61. The number of allylic oxidation sites excluding steroid dienone is 13. The monoisotopic (exact) mass is 1100 g/mol. The average Bonchev–Trinajstić information content (AvgIpc) is 3.45. The summed E-state index contributed by atoms with van der Waals surface area (Å²) in [5, 5.41) is 57.0. The third kappa shape index (κ3) is 41.8. The van der Waals surface area contributed by atoms with Crippen LogP contribution in [0.5, 0.6) is 0 Å². The maximum absolute atomic E-state index is 13.4.